The number of anilines is 1. The molecular formula is C18H15ClN4O4. The maximum absolute atomic E-state index is 12.1. The summed E-state index contributed by atoms with van der Waals surface area (Å²) in [5, 5.41) is 14.9. The fraction of sp³-hybridized carbons (Fsp3) is 0.0556. The molecule has 27 heavy (non-hydrogen) atoms. The number of H-pyrrole nitrogens is 1. The van der Waals surface area contributed by atoms with Gasteiger partial charge in [-0.15, -0.1) is 0 Å². The van der Waals surface area contributed by atoms with Crippen LogP contribution in [-0.4, -0.2) is 28.0 Å². The van der Waals surface area contributed by atoms with Gasteiger partial charge in [-0.1, -0.05) is 17.7 Å². The van der Waals surface area contributed by atoms with Crippen LogP contribution in [0.2, 0.25) is 5.02 Å². The summed E-state index contributed by atoms with van der Waals surface area (Å²) in [6.07, 6.45) is 1.12. The Balaban J connectivity index is 1.97. The topological polar surface area (TPSA) is 109 Å². The van der Waals surface area contributed by atoms with Crippen LogP contribution >= 0.6 is 11.6 Å². The molecular weight excluding hydrogens is 372 g/mol. The maximum atomic E-state index is 12.1. The normalized spacial score (nSPS) is 10.9. The molecule has 0 unspecified atom stereocenters. The van der Waals surface area contributed by atoms with E-state index in [1.807, 2.05) is 0 Å². The van der Waals surface area contributed by atoms with Gasteiger partial charge in [-0.25, -0.2) is 9.36 Å². The molecule has 0 aliphatic carbocycles. The average Bonchev–Trinajstić information content (AvgIpc) is 2.65. The van der Waals surface area contributed by atoms with Crippen LogP contribution in [0.5, 0.6) is 11.6 Å². The van der Waals surface area contributed by atoms with E-state index in [2.05, 4.69) is 15.5 Å². The minimum atomic E-state index is -0.775. The Morgan fingerprint density at radius 1 is 1.22 bits per heavy atom. The number of hydrazone groups is 1. The van der Waals surface area contributed by atoms with Gasteiger partial charge in [0.1, 0.15) is 11.3 Å². The third-order valence-electron chi connectivity index (χ3n) is 3.66. The Morgan fingerprint density at radius 3 is 2.63 bits per heavy atom. The predicted octanol–water partition coefficient (Wildman–Crippen LogP) is 2.34. The molecule has 0 saturated heterocycles. The summed E-state index contributed by atoms with van der Waals surface area (Å²) in [7, 11) is 1.51. The molecule has 0 aliphatic rings. The van der Waals surface area contributed by atoms with E-state index >= 15 is 0 Å². The monoisotopic (exact) mass is 386 g/mol. The molecule has 0 atom stereocenters. The lowest BCUT2D eigenvalue weighted by Gasteiger charge is -2.10. The highest BCUT2D eigenvalue weighted by Gasteiger charge is 2.14. The first kappa shape index (κ1) is 18.3. The SMILES string of the molecule is COc1ccc(-n2c(O)c(C=NNc3cccc(Cl)c3)c(=O)[nH]c2=O)cc1. The summed E-state index contributed by atoms with van der Waals surface area (Å²) in [5.41, 5.74) is 1.92. The third kappa shape index (κ3) is 4.01. The first-order chi connectivity index (χ1) is 13.0. The lowest BCUT2D eigenvalue weighted by molar-refractivity contribution is 0.414. The Morgan fingerprint density at radius 2 is 1.96 bits per heavy atom. The molecule has 0 saturated carbocycles. The number of methoxy groups -OCH3 is 1. The number of benzene rings is 2. The van der Waals surface area contributed by atoms with Crippen LogP contribution in [0.3, 0.4) is 0 Å². The molecule has 0 spiro atoms. The number of hydrogen-bond donors (Lipinski definition) is 3. The molecule has 3 N–H and O–H groups in total. The van der Waals surface area contributed by atoms with Crippen molar-refractivity contribution in [2.45, 2.75) is 0 Å². The van der Waals surface area contributed by atoms with Gasteiger partial charge in [0, 0.05) is 5.02 Å². The first-order valence-electron chi connectivity index (χ1n) is 7.77. The zero-order valence-electron chi connectivity index (χ0n) is 14.1. The van der Waals surface area contributed by atoms with Crippen molar-refractivity contribution < 1.29 is 9.84 Å². The summed E-state index contributed by atoms with van der Waals surface area (Å²) in [6, 6.07) is 13.2. The Bertz CT molecular complexity index is 1100. The zero-order valence-corrected chi connectivity index (χ0v) is 14.9. The molecule has 1 aromatic heterocycles. The first-order valence-corrected chi connectivity index (χ1v) is 8.15. The fourth-order valence-electron chi connectivity index (χ4n) is 2.36. The number of aromatic amines is 1. The lowest BCUT2D eigenvalue weighted by atomic mass is 10.2. The van der Waals surface area contributed by atoms with E-state index in [9.17, 15) is 14.7 Å². The largest absolute Gasteiger partial charge is 0.497 e. The average molecular weight is 387 g/mol. The van der Waals surface area contributed by atoms with E-state index in [1.165, 1.54) is 7.11 Å². The molecule has 2 aromatic carbocycles. The number of hydrogen-bond acceptors (Lipinski definition) is 6. The summed E-state index contributed by atoms with van der Waals surface area (Å²) >= 11 is 5.88. The number of nitrogens with zero attached hydrogens (tertiary/aromatic N) is 2. The smallest absolute Gasteiger partial charge is 0.335 e. The lowest BCUT2D eigenvalue weighted by Crippen LogP contribution is -2.31. The number of rotatable bonds is 5. The van der Waals surface area contributed by atoms with Crippen LogP contribution in [0.15, 0.2) is 63.2 Å². The Hall–Kier alpha value is -3.52. The number of aromatic nitrogens is 2. The molecule has 0 bridgehead atoms. The molecule has 3 rings (SSSR count). The summed E-state index contributed by atoms with van der Waals surface area (Å²) in [5.74, 6) is 0.0498. The fourth-order valence-corrected chi connectivity index (χ4v) is 2.55. The third-order valence-corrected chi connectivity index (χ3v) is 3.90. The summed E-state index contributed by atoms with van der Waals surface area (Å²) in [6.45, 7) is 0. The Labute approximate surface area is 158 Å². The van der Waals surface area contributed by atoms with E-state index in [0.29, 0.717) is 22.1 Å². The molecule has 138 valence electrons. The van der Waals surface area contributed by atoms with Crippen molar-refractivity contribution in [3.8, 4) is 17.3 Å². The van der Waals surface area contributed by atoms with Gasteiger partial charge in [0.2, 0.25) is 5.88 Å². The van der Waals surface area contributed by atoms with E-state index in [-0.39, 0.29) is 5.56 Å². The van der Waals surface area contributed by atoms with Gasteiger partial charge < -0.3 is 9.84 Å². The number of nitrogens with one attached hydrogen (secondary N) is 2. The highest BCUT2D eigenvalue weighted by Crippen LogP contribution is 2.19. The second-order valence-corrected chi connectivity index (χ2v) is 5.85. The van der Waals surface area contributed by atoms with Crippen LogP contribution in [0, 0.1) is 0 Å². The van der Waals surface area contributed by atoms with Crippen LogP contribution in [0.1, 0.15) is 5.56 Å². The van der Waals surface area contributed by atoms with Crippen molar-refractivity contribution in [3.05, 3.63) is 80.0 Å². The van der Waals surface area contributed by atoms with E-state index in [4.69, 9.17) is 16.3 Å². The number of aromatic hydroxyl groups is 1. The highest BCUT2D eigenvalue weighted by molar-refractivity contribution is 6.30. The summed E-state index contributed by atoms with van der Waals surface area (Å²) in [4.78, 5) is 26.3. The minimum absolute atomic E-state index is 0.181. The van der Waals surface area contributed by atoms with Crippen LogP contribution < -0.4 is 21.4 Å². The molecule has 0 amide bonds. The molecule has 0 aliphatic heterocycles. The molecule has 8 nitrogen and oxygen atoms in total. The van der Waals surface area contributed by atoms with Crippen molar-refractivity contribution in [3.63, 3.8) is 0 Å². The second-order valence-electron chi connectivity index (χ2n) is 5.41. The molecule has 1 heterocycles. The molecule has 9 heteroatoms. The standard InChI is InChI=1S/C18H15ClN4O4/c1-27-14-7-5-13(6-8-14)23-17(25)15(16(24)21-18(23)26)10-20-22-12-4-2-3-11(19)9-12/h2-10,22,25H,1H3,(H,21,24,26). The maximum Gasteiger partial charge on any atom is 0.335 e. The van der Waals surface area contributed by atoms with Gasteiger partial charge in [-0.2, -0.15) is 5.10 Å². The molecule has 0 radical (unpaired) electrons. The van der Waals surface area contributed by atoms with Gasteiger partial charge in [0.25, 0.3) is 5.56 Å². The van der Waals surface area contributed by atoms with Gasteiger partial charge >= 0.3 is 5.69 Å². The zero-order chi connectivity index (χ0) is 19.4. The van der Waals surface area contributed by atoms with Crippen molar-refractivity contribution in [1.29, 1.82) is 0 Å². The van der Waals surface area contributed by atoms with E-state index < -0.39 is 17.1 Å². The second kappa shape index (κ2) is 7.79. The van der Waals surface area contributed by atoms with Crippen molar-refractivity contribution >= 4 is 23.5 Å². The quantitative estimate of drug-likeness (QED) is 0.460. The van der Waals surface area contributed by atoms with Gasteiger partial charge in [0.15, 0.2) is 0 Å². The highest BCUT2D eigenvalue weighted by atomic mass is 35.5. The predicted molar refractivity (Wildman–Crippen MR) is 104 cm³/mol. The Kier molecular flexibility index (Phi) is 5.28. The van der Waals surface area contributed by atoms with E-state index in [0.717, 1.165) is 10.8 Å². The van der Waals surface area contributed by atoms with Gasteiger partial charge in [-0.3, -0.25) is 15.2 Å². The van der Waals surface area contributed by atoms with E-state index in [1.54, 1.807) is 48.5 Å². The molecule has 0 fully saturated rings. The van der Waals surface area contributed by atoms with Crippen LogP contribution in [0.4, 0.5) is 5.69 Å². The number of halogens is 1. The molecule has 3 aromatic rings. The summed E-state index contributed by atoms with van der Waals surface area (Å²) < 4.78 is 6.03. The van der Waals surface area contributed by atoms with Crippen LogP contribution in [-0.2, 0) is 0 Å². The minimum Gasteiger partial charge on any atom is -0.497 e. The van der Waals surface area contributed by atoms with Gasteiger partial charge in [-0.05, 0) is 42.5 Å². The van der Waals surface area contributed by atoms with Gasteiger partial charge in [0.05, 0.1) is 24.7 Å². The number of ether oxygens (including phenoxy) is 1. The van der Waals surface area contributed by atoms with Crippen LogP contribution in [0.25, 0.3) is 5.69 Å². The van der Waals surface area contributed by atoms with Crippen molar-refractivity contribution in [2.24, 2.45) is 5.10 Å². The van der Waals surface area contributed by atoms with Crippen molar-refractivity contribution in [1.82, 2.24) is 9.55 Å². The van der Waals surface area contributed by atoms with Crippen molar-refractivity contribution in [2.75, 3.05) is 12.5 Å².